The molecule has 0 saturated heterocycles. The maximum absolute atomic E-state index is 13.3. The number of rotatable bonds is 4. The van der Waals surface area contributed by atoms with Gasteiger partial charge in [-0.1, -0.05) is 29.8 Å². The Kier molecular flexibility index (Phi) is 4.63. The molecule has 3 N–H and O–H groups in total. The molecule has 21 heavy (non-hydrogen) atoms. The highest BCUT2D eigenvalue weighted by molar-refractivity contribution is 9.10. The first kappa shape index (κ1) is 15.5. The number of hydrogen-bond donors (Lipinski definition) is 2. The maximum atomic E-state index is 13.3. The molecule has 5 heteroatoms. The number of halogens is 2. The van der Waals surface area contributed by atoms with Crippen LogP contribution in [0.4, 0.5) is 4.39 Å². The van der Waals surface area contributed by atoms with E-state index in [0.717, 1.165) is 10.0 Å². The molecule has 0 bridgehead atoms. The van der Waals surface area contributed by atoms with Gasteiger partial charge in [-0.15, -0.1) is 0 Å². The number of nitrogens with one attached hydrogen (secondary N) is 1. The van der Waals surface area contributed by atoms with E-state index in [-0.39, 0.29) is 17.3 Å². The maximum Gasteiger partial charge on any atom is 0.138 e. The largest absolute Gasteiger partial charge is 0.456 e. The van der Waals surface area contributed by atoms with Crippen LogP contribution in [0.25, 0.3) is 0 Å². The van der Waals surface area contributed by atoms with Crippen molar-refractivity contribution in [3.63, 3.8) is 0 Å². The van der Waals surface area contributed by atoms with Crippen LogP contribution in [-0.4, -0.2) is 5.84 Å². The van der Waals surface area contributed by atoms with Crippen molar-refractivity contribution in [2.24, 2.45) is 5.73 Å². The first-order chi connectivity index (χ1) is 9.88. The Morgan fingerprint density at radius 3 is 2.48 bits per heavy atom. The summed E-state index contributed by atoms with van der Waals surface area (Å²) in [6, 6.07) is 9.67. The van der Waals surface area contributed by atoms with Crippen LogP contribution in [-0.2, 0) is 0 Å². The van der Waals surface area contributed by atoms with E-state index in [1.165, 1.54) is 18.2 Å². The lowest BCUT2D eigenvalue weighted by molar-refractivity contribution is 0.470. The molecule has 0 heterocycles. The van der Waals surface area contributed by atoms with Gasteiger partial charge in [-0.2, -0.15) is 0 Å². The summed E-state index contributed by atoms with van der Waals surface area (Å²) in [6.45, 7) is 4.12. The molecule has 0 aliphatic rings. The minimum absolute atomic E-state index is 0.229. The summed E-state index contributed by atoms with van der Waals surface area (Å²) in [5.74, 6) is 0.620. The predicted molar refractivity (Wildman–Crippen MR) is 85.7 cm³/mol. The molecule has 2 rings (SSSR count). The molecule has 0 aliphatic heterocycles. The van der Waals surface area contributed by atoms with Crippen molar-refractivity contribution in [1.82, 2.24) is 0 Å². The average Bonchev–Trinajstić information content (AvgIpc) is 2.42. The third-order valence-electron chi connectivity index (χ3n) is 3.05. The van der Waals surface area contributed by atoms with E-state index in [2.05, 4.69) is 29.8 Å². The van der Waals surface area contributed by atoms with Gasteiger partial charge in [-0.25, -0.2) is 4.39 Å². The fraction of sp³-hybridized carbons (Fsp3) is 0.188. The third-order valence-corrected chi connectivity index (χ3v) is 3.54. The molecule has 110 valence electrons. The second-order valence-corrected chi connectivity index (χ2v) is 5.91. The van der Waals surface area contributed by atoms with Crippen LogP contribution in [0.3, 0.4) is 0 Å². The predicted octanol–water partition coefficient (Wildman–Crippen LogP) is 4.79. The van der Waals surface area contributed by atoms with E-state index < -0.39 is 5.82 Å². The highest BCUT2D eigenvalue weighted by Gasteiger charge is 2.13. The number of ether oxygens (including phenoxy) is 1. The van der Waals surface area contributed by atoms with Gasteiger partial charge in [0.2, 0.25) is 0 Å². The van der Waals surface area contributed by atoms with Gasteiger partial charge < -0.3 is 10.5 Å². The zero-order valence-corrected chi connectivity index (χ0v) is 13.4. The zero-order chi connectivity index (χ0) is 15.6. The summed E-state index contributed by atoms with van der Waals surface area (Å²) in [6.07, 6.45) is 0. The monoisotopic (exact) mass is 350 g/mol. The number of amidine groups is 1. The molecular weight excluding hydrogens is 335 g/mol. The van der Waals surface area contributed by atoms with Gasteiger partial charge in [0.15, 0.2) is 0 Å². The molecule has 2 aromatic carbocycles. The number of hydrogen-bond acceptors (Lipinski definition) is 2. The van der Waals surface area contributed by atoms with Crippen molar-refractivity contribution in [2.75, 3.05) is 0 Å². The van der Waals surface area contributed by atoms with Crippen molar-refractivity contribution in [3.05, 3.63) is 57.8 Å². The van der Waals surface area contributed by atoms with Crippen molar-refractivity contribution in [2.45, 2.75) is 19.8 Å². The van der Waals surface area contributed by atoms with Crippen molar-refractivity contribution >= 4 is 21.8 Å². The van der Waals surface area contributed by atoms with Gasteiger partial charge in [0.25, 0.3) is 0 Å². The summed E-state index contributed by atoms with van der Waals surface area (Å²) >= 11 is 3.44. The Morgan fingerprint density at radius 1 is 1.19 bits per heavy atom. The average molecular weight is 351 g/mol. The van der Waals surface area contributed by atoms with E-state index in [0.29, 0.717) is 11.5 Å². The molecule has 2 aromatic rings. The van der Waals surface area contributed by atoms with E-state index in [9.17, 15) is 4.39 Å². The normalized spacial score (nSPS) is 10.7. The first-order valence-electron chi connectivity index (χ1n) is 6.49. The molecule has 0 aromatic heterocycles. The number of nitrogen functional groups attached to an aromatic ring is 1. The smallest absolute Gasteiger partial charge is 0.138 e. The highest BCUT2D eigenvalue weighted by atomic mass is 79.9. The van der Waals surface area contributed by atoms with E-state index in [1.807, 2.05) is 18.2 Å². The molecule has 0 fully saturated rings. The lowest BCUT2D eigenvalue weighted by atomic mass is 10.0. The van der Waals surface area contributed by atoms with E-state index in [4.69, 9.17) is 15.9 Å². The summed E-state index contributed by atoms with van der Waals surface area (Å²) in [5.41, 5.74) is 6.75. The van der Waals surface area contributed by atoms with Crippen LogP contribution >= 0.6 is 15.9 Å². The molecule has 0 aliphatic carbocycles. The molecule has 3 nitrogen and oxygen atoms in total. The SMILES string of the molecule is CC(C)c1cc(Br)ccc1Oc1ccc(F)cc1C(=N)N. The van der Waals surface area contributed by atoms with Gasteiger partial charge in [-0.05, 0) is 47.9 Å². The van der Waals surface area contributed by atoms with Crippen LogP contribution in [0.2, 0.25) is 0 Å². The first-order valence-corrected chi connectivity index (χ1v) is 7.29. The molecule has 0 spiro atoms. The third kappa shape index (κ3) is 3.61. The quantitative estimate of drug-likeness (QED) is 0.615. The number of nitrogens with two attached hydrogens (primary N) is 1. The molecule has 0 amide bonds. The standard InChI is InChI=1S/C16H16BrFN2O/c1-9(2)12-7-10(17)3-5-14(12)21-15-6-4-11(18)8-13(15)16(19)20/h3-9H,1-2H3,(H3,19,20). The highest BCUT2D eigenvalue weighted by Crippen LogP contribution is 2.34. The van der Waals surface area contributed by atoms with Gasteiger partial charge in [-0.3, -0.25) is 5.41 Å². The summed E-state index contributed by atoms with van der Waals surface area (Å²) in [7, 11) is 0. The second kappa shape index (κ2) is 6.26. The van der Waals surface area contributed by atoms with Crippen LogP contribution in [0.5, 0.6) is 11.5 Å². The van der Waals surface area contributed by atoms with Crippen molar-refractivity contribution < 1.29 is 9.13 Å². The van der Waals surface area contributed by atoms with Gasteiger partial charge in [0.05, 0.1) is 5.56 Å². The van der Waals surface area contributed by atoms with Gasteiger partial charge in [0.1, 0.15) is 23.2 Å². The molecule has 0 atom stereocenters. The minimum atomic E-state index is -0.451. The molecular formula is C16H16BrFN2O. The Morgan fingerprint density at radius 2 is 1.86 bits per heavy atom. The van der Waals surface area contributed by atoms with Crippen molar-refractivity contribution in [3.8, 4) is 11.5 Å². The fourth-order valence-corrected chi connectivity index (χ4v) is 2.36. The van der Waals surface area contributed by atoms with Crippen LogP contribution in [0, 0.1) is 11.2 Å². The molecule has 0 unspecified atom stereocenters. The molecule has 0 radical (unpaired) electrons. The Bertz CT molecular complexity index is 686. The Balaban J connectivity index is 2.46. The lowest BCUT2D eigenvalue weighted by Crippen LogP contribution is -2.13. The topological polar surface area (TPSA) is 59.1 Å². The second-order valence-electron chi connectivity index (χ2n) is 4.99. The number of benzene rings is 2. The van der Waals surface area contributed by atoms with Crippen molar-refractivity contribution in [1.29, 1.82) is 5.41 Å². The Labute approximate surface area is 131 Å². The Hall–Kier alpha value is -1.88. The van der Waals surface area contributed by atoms with Crippen LogP contribution in [0.1, 0.15) is 30.9 Å². The lowest BCUT2D eigenvalue weighted by Gasteiger charge is -2.16. The van der Waals surface area contributed by atoms with Crippen LogP contribution < -0.4 is 10.5 Å². The summed E-state index contributed by atoms with van der Waals surface area (Å²) < 4.78 is 20.1. The van der Waals surface area contributed by atoms with Gasteiger partial charge in [0, 0.05) is 4.47 Å². The van der Waals surface area contributed by atoms with E-state index >= 15 is 0 Å². The summed E-state index contributed by atoms with van der Waals surface area (Å²) in [5, 5.41) is 7.53. The van der Waals surface area contributed by atoms with E-state index in [1.54, 1.807) is 0 Å². The molecule has 0 saturated carbocycles. The van der Waals surface area contributed by atoms with Gasteiger partial charge >= 0.3 is 0 Å². The summed E-state index contributed by atoms with van der Waals surface area (Å²) in [4.78, 5) is 0. The van der Waals surface area contributed by atoms with Crippen LogP contribution in [0.15, 0.2) is 40.9 Å². The zero-order valence-electron chi connectivity index (χ0n) is 11.8. The fourth-order valence-electron chi connectivity index (χ4n) is 1.98. The minimum Gasteiger partial charge on any atom is -0.456 e.